The molecule has 0 bridgehead atoms. The van der Waals surface area contributed by atoms with Crippen molar-refractivity contribution in [3.05, 3.63) is 30.5 Å². The van der Waals surface area contributed by atoms with Gasteiger partial charge in [-0.15, -0.1) is 0 Å². The summed E-state index contributed by atoms with van der Waals surface area (Å²) in [4.78, 5) is 19.5. The summed E-state index contributed by atoms with van der Waals surface area (Å²) in [7, 11) is 1.72. The third kappa shape index (κ3) is 2.14. The lowest BCUT2D eigenvalue weighted by atomic mass is 10.4. The number of nitrogens with one attached hydrogen (secondary N) is 2. The Labute approximate surface area is 90.9 Å². The number of amides is 1. The molecule has 0 saturated carbocycles. The molecule has 0 aliphatic rings. The number of hydrogen-bond donors (Lipinski definition) is 2. The van der Waals surface area contributed by atoms with Crippen LogP contribution in [0.25, 0.3) is 0 Å². The summed E-state index contributed by atoms with van der Waals surface area (Å²) in [5, 5.41) is 8.83. The summed E-state index contributed by atoms with van der Waals surface area (Å²) in [6.45, 7) is 0. The Morgan fingerprint density at radius 3 is 2.75 bits per heavy atom. The van der Waals surface area contributed by atoms with E-state index in [-0.39, 0.29) is 11.6 Å². The lowest BCUT2D eigenvalue weighted by Crippen LogP contribution is -2.13. The van der Waals surface area contributed by atoms with Gasteiger partial charge in [0.25, 0.3) is 5.91 Å². The Hall–Kier alpha value is -2.44. The zero-order chi connectivity index (χ0) is 11.4. The van der Waals surface area contributed by atoms with Crippen LogP contribution < -0.4 is 10.6 Å². The molecule has 82 valence electrons. The highest BCUT2D eigenvalue weighted by Gasteiger charge is 2.08. The van der Waals surface area contributed by atoms with Gasteiger partial charge < -0.3 is 15.2 Å². The topological polar surface area (TPSA) is 92.9 Å². The fourth-order valence-electron chi connectivity index (χ4n) is 1.04. The molecule has 16 heavy (non-hydrogen) atoms. The molecule has 0 saturated heterocycles. The van der Waals surface area contributed by atoms with Crippen molar-refractivity contribution in [2.75, 3.05) is 17.7 Å². The fourth-order valence-corrected chi connectivity index (χ4v) is 1.04. The van der Waals surface area contributed by atoms with Crippen LogP contribution in [0.5, 0.6) is 0 Å². The van der Waals surface area contributed by atoms with Crippen molar-refractivity contribution in [2.45, 2.75) is 0 Å². The Morgan fingerprint density at radius 2 is 2.19 bits per heavy atom. The average molecular weight is 219 g/mol. The van der Waals surface area contributed by atoms with Gasteiger partial charge in [0.05, 0.1) is 18.6 Å². The molecule has 2 N–H and O–H groups in total. The Balaban J connectivity index is 2.09. The molecule has 7 nitrogen and oxygen atoms in total. The quantitative estimate of drug-likeness (QED) is 0.791. The lowest BCUT2D eigenvalue weighted by molar-refractivity contribution is 0.102. The van der Waals surface area contributed by atoms with Crippen LogP contribution in [0.2, 0.25) is 0 Å². The number of aromatic nitrogens is 3. The monoisotopic (exact) mass is 219 g/mol. The standard InChI is InChI=1S/C9H9N5O2/c1-10-8-4-11-7(3-12-8)9(15)14-6-2-13-16-5-6/h2-5H,1H3,(H,10,12)(H,14,15). The maximum atomic E-state index is 11.6. The van der Waals surface area contributed by atoms with Crippen LogP contribution in [-0.4, -0.2) is 28.1 Å². The van der Waals surface area contributed by atoms with Crippen molar-refractivity contribution in [1.29, 1.82) is 0 Å². The predicted molar refractivity (Wildman–Crippen MR) is 56.0 cm³/mol. The van der Waals surface area contributed by atoms with E-state index in [2.05, 4.69) is 30.3 Å². The van der Waals surface area contributed by atoms with Gasteiger partial charge in [-0.2, -0.15) is 0 Å². The van der Waals surface area contributed by atoms with Crippen LogP contribution in [0.3, 0.4) is 0 Å². The molecule has 2 aromatic heterocycles. The molecule has 0 aliphatic carbocycles. The van der Waals surface area contributed by atoms with E-state index < -0.39 is 0 Å². The Kier molecular flexibility index (Phi) is 2.77. The maximum absolute atomic E-state index is 11.6. The molecule has 1 amide bonds. The minimum Gasteiger partial charge on any atom is -0.372 e. The van der Waals surface area contributed by atoms with Gasteiger partial charge in [-0.25, -0.2) is 9.97 Å². The van der Waals surface area contributed by atoms with Gasteiger partial charge in [0.15, 0.2) is 0 Å². The lowest BCUT2D eigenvalue weighted by Gasteiger charge is -2.01. The summed E-state index contributed by atoms with van der Waals surface area (Å²) >= 11 is 0. The molecule has 0 spiro atoms. The molecule has 2 aromatic rings. The summed E-state index contributed by atoms with van der Waals surface area (Å²) < 4.78 is 4.58. The molecule has 7 heteroatoms. The highest BCUT2D eigenvalue weighted by molar-refractivity contribution is 6.02. The second-order valence-corrected chi connectivity index (χ2v) is 2.90. The molecule has 0 radical (unpaired) electrons. The smallest absolute Gasteiger partial charge is 0.275 e. The molecule has 2 heterocycles. The van der Waals surface area contributed by atoms with Crippen molar-refractivity contribution in [3.8, 4) is 0 Å². The van der Waals surface area contributed by atoms with Gasteiger partial charge in [-0.3, -0.25) is 4.79 Å². The number of anilines is 2. The van der Waals surface area contributed by atoms with Gasteiger partial charge >= 0.3 is 0 Å². The molecule has 2 rings (SSSR count). The first-order valence-corrected chi connectivity index (χ1v) is 4.50. The van der Waals surface area contributed by atoms with Crippen LogP contribution in [0, 0.1) is 0 Å². The van der Waals surface area contributed by atoms with Gasteiger partial charge in [-0.05, 0) is 0 Å². The molecule has 0 unspecified atom stereocenters. The van der Waals surface area contributed by atoms with Crippen LogP contribution in [0.4, 0.5) is 11.5 Å². The van der Waals surface area contributed by atoms with E-state index in [9.17, 15) is 4.79 Å². The first-order valence-electron chi connectivity index (χ1n) is 4.50. The van der Waals surface area contributed by atoms with E-state index in [0.717, 1.165) is 0 Å². The number of carbonyl (C=O) groups excluding carboxylic acids is 1. The van der Waals surface area contributed by atoms with Crippen molar-refractivity contribution in [3.63, 3.8) is 0 Å². The highest BCUT2D eigenvalue weighted by atomic mass is 16.5. The highest BCUT2D eigenvalue weighted by Crippen LogP contribution is 2.06. The van der Waals surface area contributed by atoms with Crippen LogP contribution in [-0.2, 0) is 0 Å². The number of carbonyl (C=O) groups is 1. The molecule has 0 fully saturated rings. The van der Waals surface area contributed by atoms with Crippen LogP contribution in [0.15, 0.2) is 29.4 Å². The van der Waals surface area contributed by atoms with Gasteiger partial charge in [0, 0.05) is 7.05 Å². The van der Waals surface area contributed by atoms with E-state index in [1.54, 1.807) is 7.05 Å². The molecular formula is C9H9N5O2. The first-order chi connectivity index (χ1) is 7.79. The van der Waals surface area contributed by atoms with Gasteiger partial charge in [0.2, 0.25) is 0 Å². The van der Waals surface area contributed by atoms with Crippen LogP contribution >= 0.6 is 0 Å². The van der Waals surface area contributed by atoms with E-state index in [1.165, 1.54) is 24.9 Å². The number of nitrogens with zero attached hydrogens (tertiary/aromatic N) is 3. The summed E-state index contributed by atoms with van der Waals surface area (Å²) in [6.07, 6.45) is 5.58. The van der Waals surface area contributed by atoms with Gasteiger partial charge in [0.1, 0.15) is 23.5 Å². The van der Waals surface area contributed by atoms with E-state index >= 15 is 0 Å². The summed E-state index contributed by atoms with van der Waals surface area (Å²) in [5.41, 5.74) is 0.699. The number of rotatable bonds is 3. The molecular weight excluding hydrogens is 210 g/mol. The van der Waals surface area contributed by atoms with E-state index in [4.69, 9.17) is 0 Å². The second kappa shape index (κ2) is 4.39. The Bertz CT molecular complexity index is 465. The molecule has 0 aliphatic heterocycles. The van der Waals surface area contributed by atoms with Gasteiger partial charge in [-0.1, -0.05) is 5.16 Å². The van der Waals surface area contributed by atoms with Crippen molar-refractivity contribution in [2.24, 2.45) is 0 Å². The minimum absolute atomic E-state index is 0.222. The van der Waals surface area contributed by atoms with Crippen molar-refractivity contribution < 1.29 is 9.32 Å². The van der Waals surface area contributed by atoms with Crippen molar-refractivity contribution >= 4 is 17.4 Å². The third-order valence-electron chi connectivity index (χ3n) is 1.83. The number of hydrogen-bond acceptors (Lipinski definition) is 6. The summed E-state index contributed by atoms with van der Waals surface area (Å²) in [6, 6.07) is 0. The average Bonchev–Trinajstić information content (AvgIpc) is 2.82. The predicted octanol–water partition coefficient (Wildman–Crippen LogP) is 0.759. The normalized spacial score (nSPS) is 9.81. The van der Waals surface area contributed by atoms with Crippen LogP contribution in [0.1, 0.15) is 10.5 Å². The SMILES string of the molecule is CNc1cnc(C(=O)Nc2cnoc2)cn1. The maximum Gasteiger partial charge on any atom is 0.275 e. The third-order valence-corrected chi connectivity index (χ3v) is 1.83. The summed E-state index contributed by atoms with van der Waals surface area (Å²) in [5.74, 6) is 0.236. The first kappa shape index (κ1) is 10.1. The Morgan fingerprint density at radius 1 is 1.31 bits per heavy atom. The molecule has 0 atom stereocenters. The fraction of sp³-hybridized carbons (Fsp3) is 0.111. The van der Waals surface area contributed by atoms with E-state index in [0.29, 0.717) is 11.5 Å². The largest absolute Gasteiger partial charge is 0.372 e. The zero-order valence-corrected chi connectivity index (χ0v) is 8.47. The second-order valence-electron chi connectivity index (χ2n) is 2.90. The molecule has 0 aromatic carbocycles. The van der Waals surface area contributed by atoms with E-state index in [1.807, 2.05) is 0 Å². The zero-order valence-electron chi connectivity index (χ0n) is 8.47. The van der Waals surface area contributed by atoms with Crippen molar-refractivity contribution in [1.82, 2.24) is 15.1 Å². The minimum atomic E-state index is -0.363.